The average molecular weight is 453 g/mol. The SMILES string of the molecule is CC1(C)CCC(=O)C2=C1C(C(=O)O)N(C(c1ccccc1)(c1ccccc1)c1ccccc1)N2. The number of hydrazine groups is 1. The Hall–Kier alpha value is -3.70. The molecule has 172 valence electrons. The minimum absolute atomic E-state index is 0.0360. The first-order chi connectivity index (χ1) is 16.4. The van der Waals surface area contributed by atoms with Crippen molar-refractivity contribution < 1.29 is 14.7 Å². The van der Waals surface area contributed by atoms with Crippen LogP contribution in [0.25, 0.3) is 0 Å². The maximum atomic E-state index is 13.1. The van der Waals surface area contributed by atoms with Gasteiger partial charge in [0.1, 0.15) is 5.54 Å². The van der Waals surface area contributed by atoms with Gasteiger partial charge < -0.3 is 10.5 Å². The van der Waals surface area contributed by atoms with Gasteiger partial charge in [-0.2, -0.15) is 5.01 Å². The summed E-state index contributed by atoms with van der Waals surface area (Å²) < 4.78 is 0. The fraction of sp³-hybridized carbons (Fsp3) is 0.241. The van der Waals surface area contributed by atoms with Gasteiger partial charge >= 0.3 is 5.97 Å². The molecule has 34 heavy (non-hydrogen) atoms. The molecule has 0 fully saturated rings. The van der Waals surface area contributed by atoms with Gasteiger partial charge in [-0.15, -0.1) is 0 Å². The summed E-state index contributed by atoms with van der Waals surface area (Å²) in [6, 6.07) is 28.7. The molecule has 0 radical (unpaired) electrons. The number of carboxylic acids is 1. The zero-order chi connectivity index (χ0) is 23.9. The zero-order valence-electron chi connectivity index (χ0n) is 19.4. The number of Topliss-reactive ketones (excluding diaryl/α,β-unsaturated/α-hetero) is 1. The molecular weight excluding hydrogens is 424 g/mol. The summed E-state index contributed by atoms with van der Waals surface area (Å²) in [5.74, 6) is -1.02. The Kier molecular flexibility index (Phi) is 5.37. The van der Waals surface area contributed by atoms with Crippen LogP contribution in [0.4, 0.5) is 0 Å². The van der Waals surface area contributed by atoms with Gasteiger partial charge in [-0.25, -0.2) is 0 Å². The Balaban J connectivity index is 1.85. The fourth-order valence-corrected chi connectivity index (χ4v) is 5.58. The van der Waals surface area contributed by atoms with E-state index in [0.717, 1.165) is 16.7 Å². The van der Waals surface area contributed by atoms with Crippen LogP contribution in [0.1, 0.15) is 43.4 Å². The summed E-state index contributed by atoms with van der Waals surface area (Å²) in [5, 5.41) is 12.4. The van der Waals surface area contributed by atoms with Gasteiger partial charge in [0.15, 0.2) is 11.8 Å². The molecule has 2 N–H and O–H groups in total. The van der Waals surface area contributed by atoms with Gasteiger partial charge in [0.05, 0.1) is 5.70 Å². The van der Waals surface area contributed by atoms with Crippen LogP contribution in [-0.2, 0) is 15.1 Å². The summed E-state index contributed by atoms with van der Waals surface area (Å²) >= 11 is 0. The molecule has 1 unspecified atom stereocenters. The number of rotatable bonds is 5. The normalized spacial score (nSPS) is 20.1. The Morgan fingerprint density at radius 2 is 1.32 bits per heavy atom. The van der Waals surface area contributed by atoms with E-state index in [4.69, 9.17) is 0 Å². The molecule has 0 aromatic heterocycles. The second kappa shape index (κ2) is 8.26. The molecule has 0 spiro atoms. The van der Waals surface area contributed by atoms with Crippen molar-refractivity contribution in [3.63, 3.8) is 0 Å². The second-order valence-corrected chi connectivity index (χ2v) is 9.63. The van der Waals surface area contributed by atoms with Crippen molar-refractivity contribution >= 4 is 11.8 Å². The van der Waals surface area contributed by atoms with Gasteiger partial charge in [0.2, 0.25) is 0 Å². The van der Waals surface area contributed by atoms with E-state index in [1.165, 1.54) is 0 Å². The first kappa shape index (κ1) is 22.1. The number of aliphatic carboxylic acids is 1. The quantitative estimate of drug-likeness (QED) is 0.539. The largest absolute Gasteiger partial charge is 0.480 e. The lowest BCUT2D eigenvalue weighted by atomic mass is 9.70. The number of carbonyl (C=O) groups is 2. The van der Waals surface area contributed by atoms with Gasteiger partial charge in [-0.3, -0.25) is 9.59 Å². The molecule has 1 aliphatic carbocycles. The monoisotopic (exact) mass is 452 g/mol. The molecule has 3 aromatic carbocycles. The fourth-order valence-electron chi connectivity index (χ4n) is 5.58. The number of carbonyl (C=O) groups excluding carboxylic acids is 1. The van der Waals surface area contributed by atoms with Crippen molar-refractivity contribution in [2.24, 2.45) is 5.41 Å². The van der Waals surface area contributed by atoms with Crippen molar-refractivity contribution in [3.05, 3.63) is 119 Å². The third-order valence-electron chi connectivity index (χ3n) is 7.19. The van der Waals surface area contributed by atoms with Crippen molar-refractivity contribution in [2.75, 3.05) is 0 Å². The average Bonchev–Trinajstić information content (AvgIpc) is 3.28. The lowest BCUT2D eigenvalue weighted by Gasteiger charge is -2.46. The summed E-state index contributed by atoms with van der Waals surface area (Å²) in [6.07, 6.45) is 1.02. The van der Waals surface area contributed by atoms with Crippen LogP contribution in [-0.4, -0.2) is 27.9 Å². The van der Waals surface area contributed by atoms with Gasteiger partial charge in [-0.1, -0.05) is 105 Å². The molecule has 5 nitrogen and oxygen atoms in total. The highest BCUT2D eigenvalue weighted by molar-refractivity contribution is 5.99. The molecule has 0 saturated heterocycles. The predicted octanol–water partition coefficient (Wildman–Crippen LogP) is 4.90. The Labute approximate surface area is 199 Å². The summed E-state index contributed by atoms with van der Waals surface area (Å²) in [6.45, 7) is 4.07. The van der Waals surface area contributed by atoms with Gasteiger partial charge in [-0.05, 0) is 34.1 Å². The molecule has 1 heterocycles. The zero-order valence-corrected chi connectivity index (χ0v) is 19.4. The molecule has 5 heteroatoms. The number of nitrogens with zero attached hydrogens (tertiary/aromatic N) is 1. The summed E-state index contributed by atoms with van der Waals surface area (Å²) in [7, 11) is 0. The lowest BCUT2D eigenvalue weighted by Crippen LogP contribution is -2.58. The van der Waals surface area contributed by atoms with E-state index in [1.807, 2.05) is 105 Å². The van der Waals surface area contributed by atoms with E-state index >= 15 is 0 Å². The van der Waals surface area contributed by atoms with Crippen LogP contribution in [0.2, 0.25) is 0 Å². The van der Waals surface area contributed by atoms with Crippen LogP contribution in [0.5, 0.6) is 0 Å². The third kappa shape index (κ3) is 3.27. The predicted molar refractivity (Wildman–Crippen MR) is 131 cm³/mol. The highest BCUT2D eigenvalue weighted by atomic mass is 16.4. The minimum atomic E-state index is -1.02. The highest BCUT2D eigenvalue weighted by Crippen LogP contribution is 2.50. The van der Waals surface area contributed by atoms with Crippen molar-refractivity contribution in [3.8, 4) is 0 Å². The van der Waals surface area contributed by atoms with Crippen LogP contribution >= 0.6 is 0 Å². The molecule has 0 bridgehead atoms. The van der Waals surface area contributed by atoms with E-state index in [0.29, 0.717) is 24.1 Å². The first-order valence-electron chi connectivity index (χ1n) is 11.6. The Bertz CT molecular complexity index is 1150. The minimum Gasteiger partial charge on any atom is -0.480 e. The maximum absolute atomic E-state index is 13.1. The highest BCUT2D eigenvalue weighted by Gasteiger charge is 2.56. The molecule has 0 saturated carbocycles. The van der Waals surface area contributed by atoms with E-state index in [9.17, 15) is 14.7 Å². The van der Waals surface area contributed by atoms with Crippen molar-refractivity contribution in [1.29, 1.82) is 0 Å². The molecule has 3 aromatic rings. The summed E-state index contributed by atoms with van der Waals surface area (Å²) in [5.41, 5.74) is 5.74. The third-order valence-corrected chi connectivity index (χ3v) is 7.19. The number of hydrogen-bond donors (Lipinski definition) is 2. The summed E-state index contributed by atoms with van der Waals surface area (Å²) in [4.78, 5) is 26.0. The van der Waals surface area contributed by atoms with Gasteiger partial charge in [0.25, 0.3) is 0 Å². The standard InChI is InChI=1S/C29H28N2O3/c1-28(2)19-18-23(32)25-24(28)26(27(33)34)31(30-25)29(20-12-6-3-7-13-20,21-14-8-4-9-15-21)22-16-10-5-11-17-22/h3-17,26,30H,18-19H2,1-2H3,(H,33,34). The Morgan fingerprint density at radius 1 is 0.882 bits per heavy atom. The smallest absolute Gasteiger partial charge is 0.327 e. The number of hydrogen-bond acceptors (Lipinski definition) is 4. The van der Waals surface area contributed by atoms with E-state index in [1.54, 1.807) is 5.01 Å². The molecule has 5 rings (SSSR count). The number of carboxylic acid groups (broad SMARTS) is 1. The molecule has 1 aliphatic heterocycles. The van der Waals surface area contributed by atoms with Crippen LogP contribution in [0.15, 0.2) is 102 Å². The van der Waals surface area contributed by atoms with Crippen molar-refractivity contribution in [1.82, 2.24) is 10.4 Å². The van der Waals surface area contributed by atoms with E-state index in [-0.39, 0.29) is 5.78 Å². The lowest BCUT2D eigenvalue weighted by molar-refractivity contribution is -0.144. The van der Waals surface area contributed by atoms with Crippen LogP contribution < -0.4 is 5.43 Å². The van der Waals surface area contributed by atoms with E-state index in [2.05, 4.69) is 5.43 Å². The van der Waals surface area contributed by atoms with Crippen LogP contribution in [0, 0.1) is 5.41 Å². The number of allylic oxidation sites excluding steroid dienone is 1. The number of nitrogens with one attached hydrogen (secondary N) is 1. The Morgan fingerprint density at radius 3 is 1.74 bits per heavy atom. The second-order valence-electron chi connectivity index (χ2n) is 9.63. The number of benzene rings is 3. The topological polar surface area (TPSA) is 69.6 Å². The molecular formula is C29H28N2O3. The number of ketones is 1. The maximum Gasteiger partial charge on any atom is 0.327 e. The first-order valence-corrected chi connectivity index (χ1v) is 11.6. The van der Waals surface area contributed by atoms with Crippen LogP contribution in [0.3, 0.4) is 0 Å². The molecule has 1 atom stereocenters. The molecule has 0 amide bonds. The van der Waals surface area contributed by atoms with E-state index < -0.39 is 23.0 Å². The van der Waals surface area contributed by atoms with Crippen molar-refractivity contribution in [2.45, 2.75) is 38.3 Å². The molecule has 2 aliphatic rings. The van der Waals surface area contributed by atoms with Gasteiger partial charge in [0, 0.05) is 6.42 Å².